The Morgan fingerprint density at radius 2 is 1.78 bits per heavy atom. The van der Waals surface area contributed by atoms with Crippen LogP contribution in [0.15, 0.2) is 48.9 Å². The molecule has 0 bridgehead atoms. The van der Waals surface area contributed by atoms with Gasteiger partial charge in [-0.15, -0.1) is 0 Å². The third-order valence-corrected chi connectivity index (χ3v) is 2.79. The molecule has 1 aliphatic carbocycles. The fourth-order valence-corrected chi connectivity index (χ4v) is 1.77. The third kappa shape index (κ3) is 6.74. The van der Waals surface area contributed by atoms with Crippen molar-refractivity contribution in [1.29, 1.82) is 0 Å². The van der Waals surface area contributed by atoms with Crippen LogP contribution in [0, 0.1) is 5.92 Å². The van der Waals surface area contributed by atoms with Gasteiger partial charge in [-0.05, 0) is 31.4 Å². The number of allylic oxidation sites excluding steroid dienone is 5. The SMILES string of the molecule is C1=CC=CNC=C1.O=C(O)C1C=CCCCCC1. The van der Waals surface area contributed by atoms with Crippen LogP contribution in [0.2, 0.25) is 0 Å². The molecule has 0 saturated carbocycles. The normalized spacial score (nSPS) is 21.9. The predicted octanol–water partition coefficient (Wildman–Crippen LogP) is 3.38. The Labute approximate surface area is 109 Å². The quantitative estimate of drug-likeness (QED) is 0.698. The molecule has 0 aromatic heterocycles. The first kappa shape index (κ1) is 14.3. The van der Waals surface area contributed by atoms with Crippen LogP contribution in [0.5, 0.6) is 0 Å². The summed E-state index contributed by atoms with van der Waals surface area (Å²) < 4.78 is 0. The second kappa shape index (κ2) is 9.28. The predicted molar refractivity (Wildman–Crippen MR) is 73.9 cm³/mol. The van der Waals surface area contributed by atoms with Gasteiger partial charge in [0, 0.05) is 12.4 Å². The maximum Gasteiger partial charge on any atom is 0.310 e. The molecule has 0 amide bonds. The van der Waals surface area contributed by atoms with E-state index in [-0.39, 0.29) is 5.92 Å². The zero-order chi connectivity index (χ0) is 13.1. The summed E-state index contributed by atoms with van der Waals surface area (Å²) in [6.07, 6.45) is 20.7. The number of carboxylic acid groups (broad SMARTS) is 1. The van der Waals surface area contributed by atoms with Gasteiger partial charge in [0.1, 0.15) is 0 Å². The number of rotatable bonds is 1. The Hall–Kier alpha value is -1.77. The highest BCUT2D eigenvalue weighted by Gasteiger charge is 2.13. The van der Waals surface area contributed by atoms with Crippen LogP contribution in [0.4, 0.5) is 0 Å². The van der Waals surface area contributed by atoms with Crippen molar-refractivity contribution in [2.45, 2.75) is 32.1 Å². The topological polar surface area (TPSA) is 49.3 Å². The smallest absolute Gasteiger partial charge is 0.310 e. The van der Waals surface area contributed by atoms with Crippen LogP contribution in [-0.2, 0) is 4.79 Å². The molecule has 1 aliphatic heterocycles. The van der Waals surface area contributed by atoms with Crippen molar-refractivity contribution in [2.24, 2.45) is 5.92 Å². The monoisotopic (exact) mass is 247 g/mol. The Balaban J connectivity index is 0.000000199. The van der Waals surface area contributed by atoms with Crippen molar-refractivity contribution in [3.63, 3.8) is 0 Å². The second-order valence-electron chi connectivity index (χ2n) is 4.28. The van der Waals surface area contributed by atoms with Gasteiger partial charge >= 0.3 is 5.97 Å². The summed E-state index contributed by atoms with van der Waals surface area (Å²) in [4.78, 5) is 10.6. The van der Waals surface area contributed by atoms with E-state index in [2.05, 4.69) is 5.32 Å². The summed E-state index contributed by atoms with van der Waals surface area (Å²) in [5, 5.41) is 11.6. The molecule has 3 nitrogen and oxygen atoms in total. The molecule has 0 radical (unpaired) electrons. The van der Waals surface area contributed by atoms with Crippen molar-refractivity contribution >= 4 is 5.97 Å². The summed E-state index contributed by atoms with van der Waals surface area (Å²) in [6.45, 7) is 0. The number of nitrogens with one attached hydrogen (secondary N) is 1. The summed E-state index contributed by atoms with van der Waals surface area (Å²) in [5.74, 6) is -0.904. The summed E-state index contributed by atoms with van der Waals surface area (Å²) in [6, 6.07) is 0. The maximum absolute atomic E-state index is 10.6. The van der Waals surface area contributed by atoms with Crippen LogP contribution in [0.25, 0.3) is 0 Å². The first-order chi connectivity index (χ1) is 8.80. The number of aliphatic carboxylic acids is 1. The van der Waals surface area contributed by atoms with Crippen LogP contribution in [0.1, 0.15) is 32.1 Å². The fourth-order valence-electron chi connectivity index (χ4n) is 1.77. The lowest BCUT2D eigenvalue weighted by molar-refractivity contribution is -0.140. The van der Waals surface area contributed by atoms with Crippen LogP contribution < -0.4 is 5.32 Å². The van der Waals surface area contributed by atoms with E-state index >= 15 is 0 Å². The highest BCUT2D eigenvalue weighted by Crippen LogP contribution is 2.16. The number of hydrogen-bond acceptors (Lipinski definition) is 2. The van der Waals surface area contributed by atoms with E-state index in [0.717, 1.165) is 19.3 Å². The van der Waals surface area contributed by atoms with Crippen LogP contribution in [0.3, 0.4) is 0 Å². The van der Waals surface area contributed by atoms with Crippen molar-refractivity contribution in [3.8, 4) is 0 Å². The fraction of sp³-hybridized carbons (Fsp3) is 0.400. The van der Waals surface area contributed by atoms with Gasteiger partial charge < -0.3 is 10.4 Å². The molecule has 2 N–H and O–H groups in total. The van der Waals surface area contributed by atoms with Crippen LogP contribution >= 0.6 is 0 Å². The average molecular weight is 247 g/mol. The highest BCUT2D eigenvalue weighted by molar-refractivity contribution is 5.72. The van der Waals surface area contributed by atoms with Gasteiger partial charge in [-0.25, -0.2) is 0 Å². The zero-order valence-electron chi connectivity index (χ0n) is 10.6. The van der Waals surface area contributed by atoms with Gasteiger partial charge in [0.25, 0.3) is 0 Å². The Bertz CT molecular complexity index is 340. The van der Waals surface area contributed by atoms with Gasteiger partial charge in [0.15, 0.2) is 0 Å². The average Bonchev–Trinajstić information content (AvgIpc) is 2.60. The standard InChI is InChI=1S/C9H14O2.C6H7N/c10-9(11)8-6-4-2-1-3-5-7-8;1-2-4-6-7-5-3-1/h4,6,8H,1-3,5,7H2,(H,10,11);1-7H. The van der Waals surface area contributed by atoms with E-state index in [0.29, 0.717) is 0 Å². The minimum absolute atomic E-state index is 0.227. The maximum atomic E-state index is 10.6. The largest absolute Gasteiger partial charge is 0.481 e. The molecule has 0 fully saturated rings. The molecule has 0 aromatic carbocycles. The molecule has 1 atom stereocenters. The van der Waals surface area contributed by atoms with E-state index < -0.39 is 5.97 Å². The van der Waals surface area contributed by atoms with Gasteiger partial charge in [-0.3, -0.25) is 4.79 Å². The van der Waals surface area contributed by atoms with Crippen molar-refractivity contribution in [1.82, 2.24) is 5.32 Å². The Kier molecular flexibility index (Phi) is 7.37. The molecular weight excluding hydrogens is 226 g/mol. The minimum atomic E-state index is -0.678. The van der Waals surface area contributed by atoms with Crippen LogP contribution in [-0.4, -0.2) is 11.1 Å². The van der Waals surface area contributed by atoms with Crippen molar-refractivity contribution < 1.29 is 9.90 Å². The number of hydrogen-bond donors (Lipinski definition) is 2. The lowest BCUT2D eigenvalue weighted by Gasteiger charge is -2.09. The first-order valence-corrected chi connectivity index (χ1v) is 6.44. The summed E-state index contributed by atoms with van der Waals surface area (Å²) in [7, 11) is 0. The van der Waals surface area contributed by atoms with Gasteiger partial charge in [0.2, 0.25) is 0 Å². The van der Waals surface area contributed by atoms with Gasteiger partial charge in [-0.1, -0.05) is 37.1 Å². The van der Waals surface area contributed by atoms with E-state index in [1.807, 2.05) is 48.9 Å². The molecule has 0 spiro atoms. The molecule has 2 rings (SSSR count). The molecule has 0 aromatic rings. The van der Waals surface area contributed by atoms with Gasteiger partial charge in [0.05, 0.1) is 5.92 Å². The van der Waals surface area contributed by atoms with Gasteiger partial charge in [-0.2, -0.15) is 0 Å². The molecule has 0 saturated heterocycles. The molecule has 1 heterocycles. The molecule has 3 heteroatoms. The van der Waals surface area contributed by atoms with Crippen molar-refractivity contribution in [2.75, 3.05) is 0 Å². The molecule has 98 valence electrons. The van der Waals surface area contributed by atoms with E-state index in [1.54, 1.807) is 0 Å². The van der Waals surface area contributed by atoms with Crippen molar-refractivity contribution in [3.05, 3.63) is 48.9 Å². The Morgan fingerprint density at radius 1 is 1.06 bits per heavy atom. The summed E-state index contributed by atoms with van der Waals surface area (Å²) >= 11 is 0. The number of carbonyl (C=O) groups is 1. The lowest BCUT2D eigenvalue weighted by atomic mass is 9.97. The zero-order valence-corrected chi connectivity index (χ0v) is 10.6. The molecule has 18 heavy (non-hydrogen) atoms. The highest BCUT2D eigenvalue weighted by atomic mass is 16.4. The number of carboxylic acids is 1. The third-order valence-electron chi connectivity index (χ3n) is 2.79. The van der Waals surface area contributed by atoms with E-state index in [4.69, 9.17) is 5.11 Å². The molecule has 1 unspecified atom stereocenters. The Morgan fingerprint density at radius 3 is 2.44 bits per heavy atom. The first-order valence-electron chi connectivity index (χ1n) is 6.44. The molecular formula is C15H21NO2. The van der Waals surface area contributed by atoms with E-state index in [9.17, 15) is 4.79 Å². The summed E-state index contributed by atoms with van der Waals surface area (Å²) in [5.41, 5.74) is 0. The lowest BCUT2D eigenvalue weighted by Crippen LogP contribution is -2.11. The second-order valence-corrected chi connectivity index (χ2v) is 4.28. The minimum Gasteiger partial charge on any atom is -0.481 e. The van der Waals surface area contributed by atoms with E-state index in [1.165, 1.54) is 12.8 Å². The molecule has 2 aliphatic rings.